The van der Waals surface area contributed by atoms with Crippen molar-refractivity contribution in [2.24, 2.45) is 0 Å². The van der Waals surface area contributed by atoms with Crippen LogP contribution in [0.25, 0.3) is 0 Å². The van der Waals surface area contributed by atoms with Crippen LogP contribution < -0.4 is 0 Å². The van der Waals surface area contributed by atoms with Gasteiger partial charge in [0.15, 0.2) is 0 Å². The number of hydrogen-bond donors (Lipinski definition) is 0. The molecule has 0 aliphatic carbocycles. The van der Waals surface area contributed by atoms with Gasteiger partial charge in [-0.1, -0.05) is 6.58 Å². The van der Waals surface area contributed by atoms with Crippen LogP contribution in [-0.2, 0) is 13.9 Å². The van der Waals surface area contributed by atoms with Crippen molar-refractivity contribution in [3.8, 4) is 0 Å². The van der Waals surface area contributed by atoms with E-state index < -0.39 is 11.8 Å². The SMILES string of the molecule is C=COC(=O)OCC(C)(C)O[SiH3]. The summed E-state index contributed by atoms with van der Waals surface area (Å²) in [7, 11) is 0.608. The molecule has 4 nitrogen and oxygen atoms in total. The number of carbonyl (C=O) groups excluding carboxylic acids is 1. The van der Waals surface area contributed by atoms with Gasteiger partial charge in [0, 0.05) is 0 Å². The Kier molecular flexibility index (Phi) is 4.61. The molecule has 0 rings (SSSR count). The van der Waals surface area contributed by atoms with Gasteiger partial charge in [-0.15, -0.1) is 0 Å². The number of ether oxygens (including phenoxy) is 2. The van der Waals surface area contributed by atoms with E-state index in [9.17, 15) is 4.79 Å². The Morgan fingerprint density at radius 1 is 1.67 bits per heavy atom. The maximum absolute atomic E-state index is 10.6. The van der Waals surface area contributed by atoms with Crippen molar-refractivity contribution in [1.29, 1.82) is 0 Å². The van der Waals surface area contributed by atoms with Crippen molar-refractivity contribution in [2.45, 2.75) is 19.4 Å². The van der Waals surface area contributed by atoms with Gasteiger partial charge >= 0.3 is 6.16 Å². The Hall–Kier alpha value is -0.813. The monoisotopic (exact) mass is 190 g/mol. The molecule has 70 valence electrons. The quantitative estimate of drug-likeness (QED) is 0.365. The molecule has 5 heteroatoms. The van der Waals surface area contributed by atoms with E-state index in [-0.39, 0.29) is 6.61 Å². The van der Waals surface area contributed by atoms with E-state index in [1.165, 1.54) is 0 Å². The Labute approximate surface area is 75.0 Å². The van der Waals surface area contributed by atoms with Crippen LogP contribution in [0.4, 0.5) is 4.79 Å². The minimum atomic E-state index is -0.753. The zero-order valence-corrected chi connectivity index (χ0v) is 9.62. The number of rotatable bonds is 4. The molecule has 0 N–H and O–H groups in total. The lowest BCUT2D eigenvalue weighted by Crippen LogP contribution is -2.31. The molecule has 0 atom stereocenters. The van der Waals surface area contributed by atoms with Crippen LogP contribution in [0.15, 0.2) is 12.8 Å². The molecule has 0 bridgehead atoms. The van der Waals surface area contributed by atoms with Crippen LogP contribution in [0.1, 0.15) is 13.8 Å². The lowest BCUT2D eigenvalue weighted by molar-refractivity contribution is 0.00916. The highest BCUT2D eigenvalue weighted by Crippen LogP contribution is 2.07. The molecule has 0 saturated heterocycles. The zero-order chi connectivity index (χ0) is 9.61. The largest absolute Gasteiger partial charge is 0.513 e. The Bertz CT molecular complexity index is 167. The van der Waals surface area contributed by atoms with E-state index >= 15 is 0 Å². The van der Waals surface area contributed by atoms with Gasteiger partial charge in [-0.2, -0.15) is 0 Å². The van der Waals surface area contributed by atoms with Crippen molar-refractivity contribution in [2.75, 3.05) is 6.61 Å². The van der Waals surface area contributed by atoms with E-state index in [1.807, 2.05) is 13.8 Å². The highest BCUT2D eigenvalue weighted by Gasteiger charge is 2.18. The van der Waals surface area contributed by atoms with Gasteiger partial charge in [0.05, 0.1) is 11.9 Å². The second kappa shape index (κ2) is 4.94. The minimum Gasteiger partial charge on any atom is -0.431 e. The lowest BCUT2D eigenvalue weighted by Gasteiger charge is -2.22. The molecule has 0 aliphatic rings. The predicted molar refractivity (Wildman–Crippen MR) is 47.7 cm³/mol. The van der Waals surface area contributed by atoms with Crippen molar-refractivity contribution in [1.82, 2.24) is 0 Å². The third-order valence-electron chi connectivity index (χ3n) is 1.27. The van der Waals surface area contributed by atoms with E-state index in [2.05, 4.69) is 11.3 Å². The summed E-state index contributed by atoms with van der Waals surface area (Å²) in [6.07, 6.45) is 0.272. The van der Waals surface area contributed by atoms with Crippen LogP contribution in [-0.4, -0.2) is 28.8 Å². The summed E-state index contributed by atoms with van der Waals surface area (Å²) in [5.74, 6) is 0. The standard InChI is InChI=1S/C7H14O4Si/c1-4-9-6(8)10-5-7(2,3)11-12/h4H,1,5H2,2-3,12H3. The molecule has 0 radical (unpaired) electrons. The maximum atomic E-state index is 10.6. The molecule has 0 fully saturated rings. The normalized spacial score (nSPS) is 10.8. The van der Waals surface area contributed by atoms with Gasteiger partial charge in [0.2, 0.25) is 0 Å². The van der Waals surface area contributed by atoms with Crippen LogP contribution in [0.2, 0.25) is 0 Å². The van der Waals surface area contributed by atoms with Crippen LogP contribution in [0.5, 0.6) is 0 Å². The van der Waals surface area contributed by atoms with Crippen molar-refractivity contribution in [3.63, 3.8) is 0 Å². The van der Waals surface area contributed by atoms with Crippen molar-refractivity contribution >= 4 is 16.6 Å². The van der Waals surface area contributed by atoms with Gasteiger partial charge in [0.25, 0.3) is 0 Å². The average Bonchev–Trinajstić information content (AvgIpc) is 2.02. The Morgan fingerprint density at radius 2 is 2.25 bits per heavy atom. The average molecular weight is 190 g/mol. The fraction of sp³-hybridized carbons (Fsp3) is 0.571. The van der Waals surface area contributed by atoms with E-state index in [0.717, 1.165) is 6.26 Å². The Morgan fingerprint density at radius 3 is 2.67 bits per heavy atom. The topological polar surface area (TPSA) is 44.8 Å². The molecule has 0 heterocycles. The van der Waals surface area contributed by atoms with Gasteiger partial charge in [-0.25, -0.2) is 4.79 Å². The second-order valence-electron chi connectivity index (χ2n) is 2.79. The summed E-state index contributed by atoms with van der Waals surface area (Å²) in [5.41, 5.74) is -0.424. The first kappa shape index (κ1) is 11.2. The van der Waals surface area contributed by atoms with Gasteiger partial charge in [-0.3, -0.25) is 0 Å². The fourth-order valence-corrected chi connectivity index (χ4v) is 0.512. The smallest absolute Gasteiger partial charge is 0.431 e. The molecule has 12 heavy (non-hydrogen) atoms. The van der Waals surface area contributed by atoms with Crippen molar-refractivity contribution in [3.05, 3.63) is 12.8 Å². The minimum absolute atomic E-state index is 0.184. The first-order chi connectivity index (χ1) is 5.52. The van der Waals surface area contributed by atoms with Gasteiger partial charge in [-0.05, 0) is 13.8 Å². The number of carbonyl (C=O) groups is 1. The molecular formula is C7H14O4Si. The van der Waals surface area contributed by atoms with Gasteiger partial charge in [0.1, 0.15) is 17.1 Å². The fourth-order valence-electron chi connectivity index (χ4n) is 0.394. The maximum Gasteiger partial charge on any atom is 0.513 e. The molecule has 0 aliphatic heterocycles. The molecular weight excluding hydrogens is 176 g/mol. The van der Waals surface area contributed by atoms with Gasteiger partial charge < -0.3 is 13.9 Å². The predicted octanol–water partition coefficient (Wildman–Crippen LogP) is 0.359. The highest BCUT2D eigenvalue weighted by atomic mass is 28.2. The Balaban J connectivity index is 3.67. The summed E-state index contributed by atoms with van der Waals surface area (Å²) in [4.78, 5) is 10.6. The third-order valence-corrected chi connectivity index (χ3v) is 2.37. The summed E-state index contributed by atoms with van der Waals surface area (Å²) < 4.78 is 14.2. The van der Waals surface area contributed by atoms with Crippen molar-refractivity contribution < 1.29 is 18.7 Å². The van der Waals surface area contributed by atoms with E-state index in [1.54, 1.807) is 0 Å². The molecule has 0 amide bonds. The molecule has 0 saturated carbocycles. The first-order valence-corrected chi connectivity index (χ1v) is 4.33. The second-order valence-corrected chi connectivity index (χ2v) is 3.20. The van der Waals surface area contributed by atoms with E-state index in [0.29, 0.717) is 10.5 Å². The van der Waals surface area contributed by atoms with Crippen LogP contribution >= 0.6 is 0 Å². The molecule has 0 aromatic heterocycles. The van der Waals surface area contributed by atoms with Crippen LogP contribution in [0.3, 0.4) is 0 Å². The highest BCUT2D eigenvalue weighted by molar-refractivity contribution is 5.98. The number of hydrogen-bond acceptors (Lipinski definition) is 4. The summed E-state index contributed by atoms with van der Waals surface area (Å²) >= 11 is 0. The molecule has 0 unspecified atom stereocenters. The zero-order valence-electron chi connectivity index (χ0n) is 7.62. The molecule has 0 aromatic rings. The van der Waals surface area contributed by atoms with Crippen LogP contribution in [0, 0.1) is 0 Å². The molecule has 0 aromatic carbocycles. The van der Waals surface area contributed by atoms with E-state index in [4.69, 9.17) is 9.16 Å². The lowest BCUT2D eigenvalue weighted by atomic mass is 10.2. The summed E-state index contributed by atoms with van der Waals surface area (Å²) in [6, 6.07) is 0. The first-order valence-electron chi connectivity index (χ1n) is 3.51. The third kappa shape index (κ3) is 4.92. The summed E-state index contributed by atoms with van der Waals surface area (Å²) in [5, 5.41) is 0. The molecule has 0 spiro atoms. The summed E-state index contributed by atoms with van der Waals surface area (Å²) in [6.45, 7) is 7.07.